The fourth-order valence-electron chi connectivity index (χ4n) is 7.67. The minimum Gasteiger partial charge on any atom is -0.497 e. The molecule has 0 saturated carbocycles. The van der Waals surface area contributed by atoms with E-state index in [1.807, 2.05) is 29.2 Å². The first-order valence-electron chi connectivity index (χ1n) is 15.1. The summed E-state index contributed by atoms with van der Waals surface area (Å²) < 4.78 is 10.9. The van der Waals surface area contributed by atoms with Crippen LogP contribution in [-0.4, -0.2) is 80.6 Å². The molecule has 41 heavy (non-hydrogen) atoms. The minimum absolute atomic E-state index is 0. The lowest BCUT2D eigenvalue weighted by Gasteiger charge is -2.44. The number of carbonyl (C=O) groups excluding carboxylic acids is 2. The third kappa shape index (κ3) is 6.19. The van der Waals surface area contributed by atoms with Crippen molar-refractivity contribution in [2.75, 3.05) is 53.0 Å². The van der Waals surface area contributed by atoms with Crippen molar-refractivity contribution in [1.29, 1.82) is 0 Å². The van der Waals surface area contributed by atoms with E-state index in [1.165, 1.54) is 5.56 Å². The number of halogens is 1. The number of Topliss-reactive ketones (excluding diaryl/α,β-unsaturated/α-hetero) is 1. The number of carbonyl (C=O) groups is 2. The number of piperidine rings is 1. The van der Waals surface area contributed by atoms with Gasteiger partial charge in [-0.05, 0) is 68.5 Å². The maximum atomic E-state index is 14.2. The molecule has 1 amide bonds. The molecule has 1 N–H and O–H groups in total. The molecule has 8 heteroatoms. The van der Waals surface area contributed by atoms with Crippen molar-refractivity contribution in [3.8, 4) is 5.75 Å². The van der Waals surface area contributed by atoms with Crippen molar-refractivity contribution in [3.63, 3.8) is 0 Å². The first-order chi connectivity index (χ1) is 19.6. The van der Waals surface area contributed by atoms with E-state index in [-0.39, 0.29) is 35.7 Å². The molecule has 2 aromatic carbocycles. The Morgan fingerprint density at radius 3 is 2.37 bits per heavy atom. The Labute approximate surface area is 250 Å². The number of nitrogens with zero attached hydrogens (tertiary/aromatic N) is 2. The molecule has 4 heterocycles. The highest BCUT2D eigenvalue weighted by Gasteiger charge is 2.51. The van der Waals surface area contributed by atoms with Crippen molar-refractivity contribution < 1.29 is 19.1 Å². The van der Waals surface area contributed by atoms with Crippen molar-refractivity contribution in [2.24, 2.45) is 17.3 Å². The lowest BCUT2D eigenvalue weighted by atomic mass is 9.73. The van der Waals surface area contributed by atoms with E-state index in [2.05, 4.69) is 40.5 Å². The van der Waals surface area contributed by atoms with Gasteiger partial charge in [-0.15, -0.1) is 12.4 Å². The average molecular weight is 582 g/mol. The van der Waals surface area contributed by atoms with Crippen LogP contribution < -0.4 is 10.1 Å². The van der Waals surface area contributed by atoms with E-state index in [4.69, 9.17) is 9.47 Å². The number of nitrogens with one attached hydrogen (secondary N) is 1. The zero-order valence-electron chi connectivity index (χ0n) is 24.1. The van der Waals surface area contributed by atoms with Gasteiger partial charge in [0, 0.05) is 57.1 Å². The number of amides is 1. The van der Waals surface area contributed by atoms with Crippen LogP contribution >= 0.6 is 12.4 Å². The molecule has 4 aliphatic rings. The third-order valence-corrected chi connectivity index (χ3v) is 10.1. The lowest BCUT2D eigenvalue weighted by molar-refractivity contribution is -0.141. The van der Waals surface area contributed by atoms with Gasteiger partial charge in [0.05, 0.1) is 18.6 Å². The van der Waals surface area contributed by atoms with Gasteiger partial charge >= 0.3 is 0 Å². The Bertz CT molecular complexity index is 1160. The van der Waals surface area contributed by atoms with Gasteiger partial charge in [-0.25, -0.2) is 0 Å². The van der Waals surface area contributed by atoms with Gasteiger partial charge in [-0.3, -0.25) is 14.5 Å². The molecule has 0 radical (unpaired) electrons. The molecular weight excluding hydrogens is 538 g/mol. The van der Waals surface area contributed by atoms with E-state index >= 15 is 0 Å². The molecule has 0 aromatic heterocycles. The normalized spacial score (nSPS) is 25.7. The van der Waals surface area contributed by atoms with E-state index in [1.54, 1.807) is 7.11 Å². The van der Waals surface area contributed by atoms with Gasteiger partial charge in [-0.1, -0.05) is 42.5 Å². The fourth-order valence-corrected chi connectivity index (χ4v) is 7.67. The zero-order valence-corrected chi connectivity index (χ0v) is 25.0. The third-order valence-electron chi connectivity index (χ3n) is 10.1. The highest BCUT2D eigenvalue weighted by Crippen LogP contribution is 2.44. The summed E-state index contributed by atoms with van der Waals surface area (Å²) in [4.78, 5) is 32.5. The summed E-state index contributed by atoms with van der Waals surface area (Å²) in [5.74, 6) is 2.14. The highest BCUT2D eigenvalue weighted by atomic mass is 35.5. The Hall–Kier alpha value is -2.45. The summed E-state index contributed by atoms with van der Waals surface area (Å²) in [6.45, 7) is 6.17. The van der Waals surface area contributed by atoms with E-state index in [0.29, 0.717) is 37.4 Å². The predicted molar refractivity (Wildman–Crippen MR) is 161 cm³/mol. The van der Waals surface area contributed by atoms with Crippen LogP contribution in [0.3, 0.4) is 0 Å². The van der Waals surface area contributed by atoms with E-state index in [0.717, 1.165) is 76.1 Å². The number of ether oxygens (including phenoxy) is 2. The Morgan fingerprint density at radius 2 is 1.68 bits per heavy atom. The molecule has 6 rings (SSSR count). The second kappa shape index (κ2) is 13.2. The molecular formula is C33H44ClN3O4. The van der Waals surface area contributed by atoms with Crippen LogP contribution in [0.5, 0.6) is 5.75 Å². The topological polar surface area (TPSA) is 71.1 Å². The predicted octanol–water partition coefficient (Wildman–Crippen LogP) is 4.30. The smallest absolute Gasteiger partial charge is 0.229 e. The lowest BCUT2D eigenvalue weighted by Crippen LogP contribution is -2.55. The number of hydrogen-bond acceptors (Lipinski definition) is 6. The monoisotopic (exact) mass is 581 g/mol. The molecule has 222 valence electrons. The van der Waals surface area contributed by atoms with Crippen molar-refractivity contribution in [3.05, 3.63) is 65.7 Å². The second-order valence-corrected chi connectivity index (χ2v) is 12.2. The van der Waals surface area contributed by atoms with Crippen molar-refractivity contribution in [2.45, 2.75) is 50.6 Å². The minimum atomic E-state index is -0.290. The number of methoxy groups -OCH3 is 1. The Morgan fingerprint density at radius 1 is 1.00 bits per heavy atom. The molecule has 4 fully saturated rings. The molecule has 3 atom stereocenters. The Balaban J connectivity index is 0.00000337. The van der Waals surface area contributed by atoms with Crippen LogP contribution in [0.25, 0.3) is 0 Å². The van der Waals surface area contributed by atoms with Crippen LogP contribution in [0.4, 0.5) is 0 Å². The number of likely N-dealkylation sites (tertiary alicyclic amines) is 2. The number of ketones is 1. The van der Waals surface area contributed by atoms with Crippen LogP contribution in [0.15, 0.2) is 54.6 Å². The van der Waals surface area contributed by atoms with Crippen LogP contribution in [0.1, 0.15) is 49.1 Å². The molecule has 4 saturated heterocycles. The summed E-state index contributed by atoms with van der Waals surface area (Å²) in [6, 6.07) is 18.6. The van der Waals surface area contributed by atoms with E-state index in [9.17, 15) is 9.59 Å². The standard InChI is InChI=1S/C33H43N3O4.ClH/c1-39-27-9-7-24(8-10-27)23-36-18-15-33(32(36)38)13-16-35(17-14-33)30(31(37)26-11-19-40-20-12-26)29-22-34-21-28(29)25-5-3-2-4-6-25;/h2-10,26,28-30,34H,11-23H2,1H3;1H/t28-,29-,30?;/m1./s1. The summed E-state index contributed by atoms with van der Waals surface area (Å²) in [7, 11) is 1.67. The van der Waals surface area contributed by atoms with Crippen molar-refractivity contribution in [1.82, 2.24) is 15.1 Å². The molecule has 0 aliphatic carbocycles. The maximum absolute atomic E-state index is 14.2. The van der Waals surface area contributed by atoms with Crippen molar-refractivity contribution >= 4 is 24.1 Å². The van der Waals surface area contributed by atoms with Gasteiger partial charge in [0.1, 0.15) is 5.75 Å². The van der Waals surface area contributed by atoms with Gasteiger partial charge in [0.15, 0.2) is 5.78 Å². The zero-order chi connectivity index (χ0) is 27.5. The van der Waals surface area contributed by atoms with E-state index < -0.39 is 0 Å². The number of rotatable bonds is 8. The quantitative estimate of drug-likeness (QED) is 0.501. The largest absolute Gasteiger partial charge is 0.497 e. The number of benzene rings is 2. The van der Waals surface area contributed by atoms with Crippen LogP contribution in [0.2, 0.25) is 0 Å². The highest BCUT2D eigenvalue weighted by molar-refractivity contribution is 5.87. The average Bonchev–Trinajstić information content (AvgIpc) is 3.61. The molecule has 0 bridgehead atoms. The summed E-state index contributed by atoms with van der Waals surface area (Å²) in [5, 5.41) is 3.62. The van der Waals surface area contributed by atoms with Gasteiger partial charge in [0.2, 0.25) is 5.91 Å². The summed E-state index contributed by atoms with van der Waals surface area (Å²) in [5.41, 5.74) is 2.16. The Kier molecular flexibility index (Phi) is 9.70. The maximum Gasteiger partial charge on any atom is 0.229 e. The molecule has 4 aliphatic heterocycles. The molecule has 1 spiro atoms. The molecule has 2 aromatic rings. The first kappa shape index (κ1) is 30.0. The summed E-state index contributed by atoms with van der Waals surface area (Å²) >= 11 is 0. The SMILES string of the molecule is COc1ccc(CN2CCC3(CCN(C(C(=O)C4CCOCC4)[C@@H]4CNC[C@@H]4c4ccccc4)CC3)C2=O)cc1.Cl. The summed E-state index contributed by atoms with van der Waals surface area (Å²) in [6.07, 6.45) is 4.22. The fraction of sp³-hybridized carbons (Fsp3) is 0.576. The number of hydrogen-bond donors (Lipinski definition) is 1. The van der Waals surface area contributed by atoms with Gasteiger partial charge < -0.3 is 19.7 Å². The van der Waals surface area contributed by atoms with Gasteiger partial charge in [0.25, 0.3) is 0 Å². The van der Waals surface area contributed by atoms with Crippen LogP contribution in [-0.2, 0) is 20.9 Å². The van der Waals surface area contributed by atoms with Crippen LogP contribution in [0, 0.1) is 17.3 Å². The molecule has 7 nitrogen and oxygen atoms in total. The van der Waals surface area contributed by atoms with Gasteiger partial charge in [-0.2, -0.15) is 0 Å². The molecule has 1 unspecified atom stereocenters. The second-order valence-electron chi connectivity index (χ2n) is 12.2. The first-order valence-corrected chi connectivity index (χ1v) is 15.1.